The molecule has 10 aromatic carbocycles. The quantitative estimate of drug-likeness (QED) is 0.143. The van der Waals surface area contributed by atoms with Gasteiger partial charge in [-0.3, -0.25) is 0 Å². The van der Waals surface area contributed by atoms with E-state index in [-0.39, 0.29) is 0 Å². The average Bonchev–Trinajstić information content (AvgIpc) is 3.97. The van der Waals surface area contributed by atoms with Crippen molar-refractivity contribution in [3.05, 3.63) is 260 Å². The standard InChI is InChI=1S/C66H40N6/c1-68-56-30-14-10-25-49(56)46-36-38-63-55(40-46)54-39-45(48-24-9-8-23-47(48)42-67)35-37-62(54)72(63)64-34-18-29-52(58-41-57(43-19-4-2-5-20-43)69-66(70-58)44-21-6-3-7-22-44)65(64)53-28-13-17-33-61(53)71-59-31-15-11-26-50(59)51-27-12-16-32-60(51)71/h2-41H. The van der Waals surface area contributed by atoms with E-state index < -0.39 is 0 Å². The minimum Gasteiger partial charge on any atom is -0.309 e. The zero-order valence-corrected chi connectivity index (χ0v) is 38.8. The van der Waals surface area contributed by atoms with Gasteiger partial charge >= 0.3 is 0 Å². The maximum absolute atomic E-state index is 10.3. The summed E-state index contributed by atoms with van der Waals surface area (Å²) in [7, 11) is 0. The average molecular weight is 917 g/mol. The maximum Gasteiger partial charge on any atom is 0.194 e. The van der Waals surface area contributed by atoms with Crippen LogP contribution in [-0.4, -0.2) is 19.1 Å². The summed E-state index contributed by atoms with van der Waals surface area (Å²) < 4.78 is 4.78. The summed E-state index contributed by atoms with van der Waals surface area (Å²) in [6.45, 7) is 8.07. The Labute approximate surface area is 416 Å². The summed E-state index contributed by atoms with van der Waals surface area (Å²) in [6.07, 6.45) is 0. The number of aromatic nitrogens is 4. The van der Waals surface area contributed by atoms with Crippen LogP contribution in [0.15, 0.2) is 243 Å². The third-order valence-electron chi connectivity index (χ3n) is 13.8. The molecule has 6 heteroatoms. The molecular weight excluding hydrogens is 877 g/mol. The molecule has 0 amide bonds. The predicted molar refractivity (Wildman–Crippen MR) is 294 cm³/mol. The van der Waals surface area contributed by atoms with E-state index in [1.165, 1.54) is 10.8 Å². The fourth-order valence-electron chi connectivity index (χ4n) is 10.6. The Morgan fingerprint density at radius 2 is 0.875 bits per heavy atom. The lowest BCUT2D eigenvalue weighted by molar-refractivity contribution is 1.15. The molecule has 3 aromatic heterocycles. The van der Waals surface area contributed by atoms with Crippen LogP contribution in [0.25, 0.3) is 127 Å². The molecule has 0 saturated carbocycles. The van der Waals surface area contributed by atoms with Crippen molar-refractivity contribution >= 4 is 49.3 Å². The second kappa shape index (κ2) is 17.4. The Kier molecular flexibility index (Phi) is 10.2. The zero-order valence-electron chi connectivity index (χ0n) is 38.8. The number of nitrogens with zero attached hydrogens (tertiary/aromatic N) is 6. The first kappa shape index (κ1) is 42.0. The van der Waals surface area contributed by atoms with Crippen LogP contribution in [0.2, 0.25) is 0 Å². The highest BCUT2D eigenvalue weighted by Gasteiger charge is 2.25. The van der Waals surface area contributed by atoms with Crippen molar-refractivity contribution in [3.63, 3.8) is 0 Å². The molecule has 0 aliphatic rings. The van der Waals surface area contributed by atoms with Gasteiger partial charge in [0.1, 0.15) is 0 Å². The van der Waals surface area contributed by atoms with E-state index in [1.54, 1.807) is 0 Å². The molecule has 13 aromatic rings. The van der Waals surface area contributed by atoms with E-state index in [0.717, 1.165) is 106 Å². The molecule has 6 nitrogen and oxygen atoms in total. The van der Waals surface area contributed by atoms with Gasteiger partial charge in [0.05, 0.1) is 63.0 Å². The zero-order chi connectivity index (χ0) is 48.1. The monoisotopic (exact) mass is 916 g/mol. The smallest absolute Gasteiger partial charge is 0.194 e. The van der Waals surface area contributed by atoms with E-state index in [4.69, 9.17) is 16.5 Å². The normalized spacial score (nSPS) is 11.3. The number of para-hydroxylation sites is 4. The van der Waals surface area contributed by atoms with E-state index in [2.05, 4.69) is 178 Å². The lowest BCUT2D eigenvalue weighted by atomic mass is 9.93. The Balaban J connectivity index is 1.16. The van der Waals surface area contributed by atoms with Gasteiger partial charge in [0.2, 0.25) is 0 Å². The minimum atomic E-state index is 0.593. The van der Waals surface area contributed by atoms with Crippen molar-refractivity contribution in [1.29, 1.82) is 5.26 Å². The summed E-state index contributed by atoms with van der Waals surface area (Å²) >= 11 is 0. The molecule has 3 heterocycles. The number of rotatable bonds is 8. The molecule has 0 unspecified atom stereocenters. The van der Waals surface area contributed by atoms with Crippen LogP contribution in [0, 0.1) is 17.9 Å². The Morgan fingerprint density at radius 1 is 0.375 bits per heavy atom. The third kappa shape index (κ3) is 6.94. The summed E-state index contributed by atoms with van der Waals surface area (Å²) in [4.78, 5) is 14.6. The molecule has 72 heavy (non-hydrogen) atoms. The SMILES string of the molecule is [C-]#[N+]c1ccccc1-c1ccc2c(c1)c1cc(-c3ccccc3C#N)ccc1n2-c1cccc(-c2cc(-c3ccccc3)nc(-c3ccccc3)n2)c1-c1ccccc1-n1c2ccccc2c2ccccc21. The molecule has 0 aliphatic heterocycles. The van der Waals surface area contributed by atoms with E-state index in [9.17, 15) is 5.26 Å². The molecule has 334 valence electrons. The highest BCUT2D eigenvalue weighted by atomic mass is 15.0. The number of benzene rings is 10. The van der Waals surface area contributed by atoms with Crippen molar-refractivity contribution in [2.75, 3.05) is 0 Å². The van der Waals surface area contributed by atoms with Gasteiger partial charge < -0.3 is 9.13 Å². The highest BCUT2D eigenvalue weighted by molar-refractivity contribution is 6.14. The fraction of sp³-hybridized carbons (Fsp3) is 0. The van der Waals surface area contributed by atoms with Gasteiger partial charge in [-0.2, -0.15) is 5.26 Å². The number of nitriles is 1. The van der Waals surface area contributed by atoms with Crippen LogP contribution in [0.4, 0.5) is 5.69 Å². The Hall–Kier alpha value is -10.1. The van der Waals surface area contributed by atoms with E-state index >= 15 is 0 Å². The lowest BCUT2D eigenvalue weighted by Gasteiger charge is -2.22. The van der Waals surface area contributed by atoms with E-state index in [1.807, 2.05) is 84.9 Å². The van der Waals surface area contributed by atoms with Crippen molar-refractivity contribution in [2.24, 2.45) is 0 Å². The first-order valence-electron chi connectivity index (χ1n) is 23.9. The van der Waals surface area contributed by atoms with Gasteiger partial charge in [0.25, 0.3) is 0 Å². The van der Waals surface area contributed by atoms with Crippen LogP contribution < -0.4 is 0 Å². The summed E-state index contributed by atoms with van der Waals surface area (Å²) in [5.41, 5.74) is 17.5. The molecular formula is C66H40N6. The highest BCUT2D eigenvalue weighted by Crippen LogP contribution is 2.46. The van der Waals surface area contributed by atoms with Crippen molar-refractivity contribution < 1.29 is 0 Å². The first-order chi connectivity index (χ1) is 35.6. The molecule has 0 fully saturated rings. The number of hydrogen-bond acceptors (Lipinski definition) is 3. The van der Waals surface area contributed by atoms with Gasteiger partial charge in [-0.25, -0.2) is 14.8 Å². The predicted octanol–water partition coefficient (Wildman–Crippen LogP) is 17.1. The van der Waals surface area contributed by atoms with Crippen LogP contribution in [-0.2, 0) is 0 Å². The molecule has 0 N–H and O–H groups in total. The first-order valence-corrected chi connectivity index (χ1v) is 23.9. The van der Waals surface area contributed by atoms with Crippen LogP contribution in [0.5, 0.6) is 0 Å². The van der Waals surface area contributed by atoms with E-state index in [0.29, 0.717) is 17.1 Å². The van der Waals surface area contributed by atoms with Gasteiger partial charge in [0.15, 0.2) is 11.5 Å². The molecule has 0 atom stereocenters. The summed E-state index contributed by atoms with van der Waals surface area (Å²) in [6, 6.07) is 86.3. The fourth-order valence-corrected chi connectivity index (χ4v) is 10.6. The van der Waals surface area contributed by atoms with Crippen LogP contribution in [0.1, 0.15) is 5.56 Å². The Bertz CT molecular complexity index is 4130. The topological polar surface area (TPSA) is 63.8 Å². The molecule has 0 spiro atoms. The molecule has 0 radical (unpaired) electrons. The lowest BCUT2D eigenvalue weighted by Crippen LogP contribution is -2.04. The summed E-state index contributed by atoms with van der Waals surface area (Å²) in [5.74, 6) is 0.633. The molecule has 0 bridgehead atoms. The second-order valence-corrected chi connectivity index (χ2v) is 17.9. The second-order valence-electron chi connectivity index (χ2n) is 17.9. The number of hydrogen-bond donors (Lipinski definition) is 0. The number of fused-ring (bicyclic) bond motifs is 6. The molecule has 13 rings (SSSR count). The van der Waals surface area contributed by atoms with Crippen molar-refractivity contribution in [3.8, 4) is 84.7 Å². The molecule has 0 aliphatic carbocycles. The maximum atomic E-state index is 10.3. The third-order valence-corrected chi connectivity index (χ3v) is 13.8. The van der Waals surface area contributed by atoms with Gasteiger partial charge in [-0.15, -0.1) is 0 Å². The molecule has 0 saturated heterocycles. The Morgan fingerprint density at radius 3 is 1.56 bits per heavy atom. The van der Waals surface area contributed by atoms with Crippen molar-refractivity contribution in [2.45, 2.75) is 0 Å². The van der Waals surface area contributed by atoms with Gasteiger partial charge in [-0.05, 0) is 82.9 Å². The van der Waals surface area contributed by atoms with Crippen LogP contribution >= 0.6 is 0 Å². The minimum absolute atomic E-state index is 0.593. The summed E-state index contributed by atoms with van der Waals surface area (Å²) in [5, 5.41) is 14.7. The van der Waals surface area contributed by atoms with Gasteiger partial charge in [0, 0.05) is 49.4 Å². The van der Waals surface area contributed by atoms with Crippen LogP contribution in [0.3, 0.4) is 0 Å². The van der Waals surface area contributed by atoms with Crippen molar-refractivity contribution in [1.82, 2.24) is 19.1 Å². The van der Waals surface area contributed by atoms with Gasteiger partial charge in [-0.1, -0.05) is 182 Å². The largest absolute Gasteiger partial charge is 0.309 e.